The second kappa shape index (κ2) is 16.7. The van der Waals surface area contributed by atoms with Crippen LogP contribution >= 0.6 is 45.8 Å². The fourth-order valence-electron chi connectivity index (χ4n) is 3.74. The normalized spacial score (nSPS) is 10.7. The molecule has 0 saturated carbocycles. The van der Waals surface area contributed by atoms with E-state index in [1.807, 2.05) is 24.3 Å². The van der Waals surface area contributed by atoms with Gasteiger partial charge in [-0.1, -0.05) is 47.2 Å². The number of nitrogens with zero attached hydrogens (tertiary/aromatic N) is 6. The van der Waals surface area contributed by atoms with Gasteiger partial charge in [-0.2, -0.15) is 10.2 Å². The van der Waals surface area contributed by atoms with Crippen LogP contribution in [0.2, 0.25) is 10.3 Å². The average Bonchev–Trinajstić information content (AvgIpc) is 3.64. The van der Waals surface area contributed by atoms with Crippen molar-refractivity contribution in [2.45, 2.75) is 9.79 Å². The minimum atomic E-state index is -3.23. The van der Waals surface area contributed by atoms with E-state index in [0.717, 1.165) is 15.5 Å². The molecule has 4 heterocycles. The first-order valence-corrected chi connectivity index (χ1v) is 19.4. The molecule has 0 unspecified atom stereocenters. The molecule has 0 amide bonds. The molecule has 0 aliphatic heterocycles. The van der Waals surface area contributed by atoms with Gasteiger partial charge in [0.15, 0.2) is 30.0 Å². The highest BCUT2D eigenvalue weighted by Gasteiger charge is 2.10. The van der Waals surface area contributed by atoms with Crippen LogP contribution in [0.1, 0.15) is 17.0 Å². The highest BCUT2D eigenvalue weighted by Crippen LogP contribution is 2.20. The van der Waals surface area contributed by atoms with E-state index in [0.29, 0.717) is 27.8 Å². The largest absolute Gasteiger partial charge is 0.248 e. The molecule has 0 bridgehead atoms. The maximum absolute atomic E-state index is 11.5. The first-order chi connectivity index (χ1) is 23.2. The minimum Gasteiger partial charge on any atom is -0.248 e. The Balaban J connectivity index is 0.000000187. The van der Waals surface area contributed by atoms with Gasteiger partial charge < -0.3 is 0 Å². The number of halogens is 3. The summed E-state index contributed by atoms with van der Waals surface area (Å²) < 4.78 is 49.6. The van der Waals surface area contributed by atoms with Gasteiger partial charge in [0.2, 0.25) is 0 Å². The number of aromatic nitrogens is 6. The molecule has 6 rings (SSSR count). The fourth-order valence-corrected chi connectivity index (χ4v) is 5.68. The van der Waals surface area contributed by atoms with Gasteiger partial charge in [-0.15, -0.1) is 6.42 Å². The zero-order chi connectivity index (χ0) is 35.6. The van der Waals surface area contributed by atoms with Crippen molar-refractivity contribution in [3.8, 4) is 35.6 Å². The van der Waals surface area contributed by atoms with Gasteiger partial charge in [0.05, 0.1) is 30.3 Å². The van der Waals surface area contributed by atoms with Gasteiger partial charge >= 0.3 is 0 Å². The molecule has 2 aromatic carbocycles. The predicted molar refractivity (Wildman–Crippen MR) is 198 cm³/mol. The first kappa shape index (κ1) is 37.3. The molecule has 0 radical (unpaired) electrons. The van der Waals surface area contributed by atoms with Crippen LogP contribution in [0.25, 0.3) is 11.4 Å². The lowest BCUT2D eigenvalue weighted by molar-refractivity contribution is 0.600. The molecule has 0 saturated heterocycles. The Labute approximate surface area is 308 Å². The molecule has 0 spiro atoms. The van der Waals surface area contributed by atoms with E-state index in [1.54, 1.807) is 82.7 Å². The second-order valence-electron chi connectivity index (χ2n) is 9.85. The van der Waals surface area contributed by atoms with Gasteiger partial charge in [-0.3, -0.25) is 0 Å². The molecule has 0 N–H and O–H groups in total. The Morgan fingerprint density at radius 1 is 0.653 bits per heavy atom. The van der Waals surface area contributed by atoms with Gasteiger partial charge in [0, 0.05) is 37.3 Å². The molecule has 0 atom stereocenters. The lowest BCUT2D eigenvalue weighted by Gasteiger charge is -2.02. The van der Waals surface area contributed by atoms with E-state index in [2.05, 4.69) is 60.5 Å². The molecule has 15 heteroatoms. The SMILES string of the molecule is C#Cc1ccccn1.CS(=O)(=O)c1ccc(-n2cc(C#Cc3ccccn3)c(Cl)n2)cc1.CS(=O)(=O)c1ccc(-n2cc(I)c(Cl)n2)cc1. The summed E-state index contributed by atoms with van der Waals surface area (Å²) in [5.74, 6) is 8.26. The number of hydrogen-bond donors (Lipinski definition) is 0. The van der Waals surface area contributed by atoms with Crippen LogP contribution in [-0.4, -0.2) is 58.9 Å². The third-order valence-electron chi connectivity index (χ3n) is 6.16. The Morgan fingerprint density at radius 2 is 1.12 bits per heavy atom. The summed E-state index contributed by atoms with van der Waals surface area (Å²) in [7, 11) is -6.39. The van der Waals surface area contributed by atoms with E-state index in [4.69, 9.17) is 29.6 Å². The van der Waals surface area contributed by atoms with Crippen molar-refractivity contribution in [2.24, 2.45) is 0 Å². The Bertz CT molecular complexity index is 2350. The standard InChI is InChI=1S/C17H12ClN3O2S.C10H8ClIN2O2S.C7H5N/c1-24(22,23)16-9-7-15(8-10-16)21-12-13(17(18)20-21)5-6-14-4-2-3-11-19-14;1-17(15,16)8-4-2-7(3-5-8)14-6-9(12)10(11)13-14;1-2-7-5-3-4-6-8-7/h2-4,7-12H,1H3;2-6H,1H3;1,3-6H. The van der Waals surface area contributed by atoms with Gasteiger partial charge in [-0.05, 0) is 101 Å². The zero-order valence-corrected chi connectivity index (χ0v) is 31.0. The molecule has 248 valence electrons. The molecule has 0 aliphatic rings. The summed E-state index contributed by atoms with van der Waals surface area (Å²) in [6, 6.07) is 23.8. The van der Waals surface area contributed by atoms with Crippen LogP contribution in [0.5, 0.6) is 0 Å². The number of hydrogen-bond acceptors (Lipinski definition) is 8. The van der Waals surface area contributed by atoms with Crippen LogP contribution in [0, 0.1) is 27.8 Å². The third-order valence-corrected chi connectivity index (χ3v) is 10.1. The zero-order valence-electron chi connectivity index (χ0n) is 25.7. The summed E-state index contributed by atoms with van der Waals surface area (Å²) in [6.45, 7) is 0. The molecule has 0 fully saturated rings. The van der Waals surface area contributed by atoms with Gasteiger partial charge in [0.1, 0.15) is 11.4 Å². The van der Waals surface area contributed by atoms with Crippen molar-refractivity contribution in [2.75, 3.05) is 12.5 Å². The van der Waals surface area contributed by atoms with E-state index in [-0.39, 0.29) is 14.9 Å². The van der Waals surface area contributed by atoms with Crippen LogP contribution in [0.3, 0.4) is 0 Å². The smallest absolute Gasteiger partial charge is 0.175 e. The van der Waals surface area contributed by atoms with Crippen LogP contribution in [0.4, 0.5) is 0 Å². The molecule has 6 aromatic rings. The number of rotatable bonds is 4. The van der Waals surface area contributed by atoms with Crippen LogP contribution in [-0.2, 0) is 19.7 Å². The number of sulfone groups is 2. The maximum atomic E-state index is 11.5. The maximum Gasteiger partial charge on any atom is 0.175 e. The van der Waals surface area contributed by atoms with Crippen molar-refractivity contribution in [1.82, 2.24) is 29.5 Å². The summed E-state index contributed by atoms with van der Waals surface area (Å²) in [4.78, 5) is 8.52. The van der Waals surface area contributed by atoms with E-state index >= 15 is 0 Å². The minimum absolute atomic E-state index is 0.250. The number of benzene rings is 2. The molecule has 4 aromatic heterocycles. The van der Waals surface area contributed by atoms with E-state index < -0.39 is 19.7 Å². The van der Waals surface area contributed by atoms with Crippen molar-refractivity contribution in [3.05, 3.63) is 141 Å². The lowest BCUT2D eigenvalue weighted by atomic mass is 10.3. The Kier molecular flexibility index (Phi) is 12.7. The third kappa shape index (κ3) is 11.0. The van der Waals surface area contributed by atoms with Gasteiger partial charge in [-0.25, -0.2) is 36.2 Å². The molecular formula is C34H25Cl2IN6O4S2. The molecule has 49 heavy (non-hydrogen) atoms. The van der Waals surface area contributed by atoms with E-state index in [1.165, 1.54) is 18.4 Å². The van der Waals surface area contributed by atoms with Crippen molar-refractivity contribution >= 4 is 65.5 Å². The Hall–Kier alpha value is -4.51. The molecule has 10 nitrogen and oxygen atoms in total. The summed E-state index contributed by atoms with van der Waals surface area (Å²) >= 11 is 14.0. The molecule has 0 aliphatic carbocycles. The van der Waals surface area contributed by atoms with Gasteiger partial charge in [0.25, 0.3) is 0 Å². The summed E-state index contributed by atoms with van der Waals surface area (Å²) in [6.07, 6.45) is 14.2. The van der Waals surface area contributed by atoms with Crippen molar-refractivity contribution in [1.29, 1.82) is 0 Å². The monoisotopic (exact) mass is 842 g/mol. The van der Waals surface area contributed by atoms with Crippen LogP contribution < -0.4 is 0 Å². The second-order valence-corrected chi connectivity index (χ2v) is 15.8. The fraction of sp³-hybridized carbons (Fsp3) is 0.0588. The summed E-state index contributed by atoms with van der Waals surface area (Å²) in [5.41, 5.74) is 3.35. The highest BCUT2D eigenvalue weighted by atomic mass is 127. The van der Waals surface area contributed by atoms with Crippen LogP contribution in [0.15, 0.2) is 120 Å². The lowest BCUT2D eigenvalue weighted by Crippen LogP contribution is -1.99. The summed E-state index contributed by atoms with van der Waals surface area (Å²) in [5, 5.41) is 8.99. The quantitative estimate of drug-likeness (QED) is 0.149. The molecular weight excluding hydrogens is 818 g/mol. The predicted octanol–water partition coefficient (Wildman–Crippen LogP) is 6.32. The number of pyridine rings is 2. The topological polar surface area (TPSA) is 130 Å². The average molecular weight is 844 g/mol. The van der Waals surface area contributed by atoms with Crippen molar-refractivity contribution in [3.63, 3.8) is 0 Å². The van der Waals surface area contributed by atoms with E-state index in [9.17, 15) is 16.8 Å². The highest BCUT2D eigenvalue weighted by molar-refractivity contribution is 14.1. The first-order valence-electron chi connectivity index (χ1n) is 13.8. The Morgan fingerprint density at radius 3 is 1.51 bits per heavy atom. The number of terminal acetylenes is 1. The van der Waals surface area contributed by atoms with Crippen molar-refractivity contribution < 1.29 is 16.8 Å².